The summed E-state index contributed by atoms with van der Waals surface area (Å²) in [5, 5.41) is 24.2. The Bertz CT molecular complexity index is 545. The lowest BCUT2D eigenvalue weighted by Gasteiger charge is -2.26. The molecule has 3 unspecified atom stereocenters. The maximum Gasteiger partial charge on any atom is 0.335 e. The topological polar surface area (TPSA) is 136 Å². The van der Waals surface area contributed by atoms with E-state index in [9.17, 15) is 23.4 Å². The predicted molar refractivity (Wildman–Crippen MR) is 67.2 cm³/mol. The maximum atomic E-state index is 10.9. The van der Waals surface area contributed by atoms with E-state index in [1.165, 1.54) is 12.1 Å². The molecule has 1 rings (SSSR count). The van der Waals surface area contributed by atoms with Crippen LogP contribution in [0.25, 0.3) is 0 Å². The highest BCUT2D eigenvalue weighted by atomic mass is 32.2. The summed E-state index contributed by atoms with van der Waals surface area (Å²) in [6.45, 7) is 1.05. The highest BCUT2D eigenvalue weighted by Gasteiger charge is 2.34. The lowest BCUT2D eigenvalue weighted by Crippen LogP contribution is -2.37. The van der Waals surface area contributed by atoms with Crippen LogP contribution in [0.15, 0.2) is 30.3 Å². The van der Waals surface area contributed by atoms with E-state index in [0.29, 0.717) is 5.56 Å². The summed E-state index contributed by atoms with van der Waals surface area (Å²) < 4.78 is 30.4. The van der Waals surface area contributed by atoms with Crippen molar-refractivity contribution in [1.29, 1.82) is 0 Å². The van der Waals surface area contributed by atoms with E-state index >= 15 is 0 Å². The average molecular weight is 305 g/mol. The van der Waals surface area contributed by atoms with Crippen LogP contribution in [-0.2, 0) is 24.0 Å². The number of hydrogen-bond donors (Lipinski definition) is 3. The van der Waals surface area contributed by atoms with Gasteiger partial charge in [0.1, 0.15) is 0 Å². The van der Waals surface area contributed by atoms with Gasteiger partial charge >= 0.3 is 16.3 Å². The van der Waals surface area contributed by atoms with Gasteiger partial charge in [0, 0.05) is 6.92 Å². The third-order valence-corrected chi connectivity index (χ3v) is 2.78. The molecule has 0 spiro atoms. The zero-order valence-corrected chi connectivity index (χ0v) is 11.4. The fourth-order valence-electron chi connectivity index (χ4n) is 1.59. The molecule has 0 saturated heterocycles. The Morgan fingerprint density at radius 1 is 1.20 bits per heavy atom. The van der Waals surface area contributed by atoms with Gasteiger partial charge in [-0.05, 0) is 5.56 Å². The van der Waals surface area contributed by atoms with Gasteiger partial charge in [0.2, 0.25) is 6.29 Å². The molecule has 0 heterocycles. The van der Waals surface area contributed by atoms with Crippen LogP contribution >= 0.6 is 0 Å². The summed E-state index contributed by atoms with van der Waals surface area (Å²) in [6, 6.07) is 7.84. The first kappa shape index (κ1) is 16.5. The smallest absolute Gasteiger partial charge is 0.335 e. The van der Waals surface area contributed by atoms with Crippen LogP contribution in [0.2, 0.25) is 0 Å². The fourth-order valence-corrected chi connectivity index (χ4v) is 1.98. The minimum atomic E-state index is -4.44. The number of aliphatic hydroxyl groups is 2. The highest BCUT2D eigenvalue weighted by molar-refractivity contribution is 7.84. The highest BCUT2D eigenvalue weighted by Crippen LogP contribution is 2.26. The lowest BCUT2D eigenvalue weighted by molar-refractivity contribution is -0.183. The molecule has 0 aliphatic carbocycles. The van der Waals surface area contributed by atoms with Crippen LogP contribution in [0, 0.1) is 0 Å². The van der Waals surface area contributed by atoms with Crippen LogP contribution in [0.1, 0.15) is 18.4 Å². The standard InChI is InChI=1S/C11H15NO7S/c1-7(13)18-10(14)9(8-5-3-2-4-6-8)11(15)19-20(12,16)17/h2-6,9-11,14-15H,1H3,(H2,12,16,17). The number of aliphatic hydroxyl groups excluding tert-OH is 2. The summed E-state index contributed by atoms with van der Waals surface area (Å²) in [7, 11) is -4.44. The number of ether oxygens (including phenoxy) is 1. The van der Waals surface area contributed by atoms with Gasteiger partial charge in [0.25, 0.3) is 0 Å². The predicted octanol–water partition coefficient (Wildman–Crippen LogP) is -0.810. The average Bonchev–Trinajstić information content (AvgIpc) is 2.26. The molecule has 3 atom stereocenters. The SMILES string of the molecule is CC(=O)OC(O)C(c1ccccc1)C(O)OS(N)(=O)=O. The van der Waals surface area contributed by atoms with Crippen molar-refractivity contribution >= 4 is 16.3 Å². The zero-order chi connectivity index (χ0) is 15.3. The number of rotatable bonds is 6. The molecule has 0 saturated carbocycles. The molecule has 1 aromatic rings. The number of carbonyl (C=O) groups is 1. The minimum absolute atomic E-state index is 0.303. The van der Waals surface area contributed by atoms with Crippen molar-refractivity contribution in [2.75, 3.05) is 0 Å². The molecular weight excluding hydrogens is 290 g/mol. The van der Waals surface area contributed by atoms with Gasteiger partial charge in [0.05, 0.1) is 5.92 Å². The van der Waals surface area contributed by atoms with Crippen molar-refractivity contribution < 1.29 is 32.3 Å². The van der Waals surface area contributed by atoms with Crippen molar-refractivity contribution in [2.24, 2.45) is 5.14 Å². The van der Waals surface area contributed by atoms with Crippen LogP contribution < -0.4 is 5.14 Å². The third kappa shape index (κ3) is 5.23. The molecular formula is C11H15NO7S. The second-order valence-corrected chi connectivity index (χ2v) is 5.09. The molecule has 20 heavy (non-hydrogen) atoms. The molecule has 0 aromatic heterocycles. The van der Waals surface area contributed by atoms with Crippen LogP contribution in [0.4, 0.5) is 0 Å². The van der Waals surface area contributed by atoms with E-state index in [2.05, 4.69) is 14.1 Å². The van der Waals surface area contributed by atoms with E-state index in [0.717, 1.165) is 6.92 Å². The molecule has 4 N–H and O–H groups in total. The van der Waals surface area contributed by atoms with E-state index in [1.54, 1.807) is 18.2 Å². The van der Waals surface area contributed by atoms with E-state index in [1.807, 2.05) is 0 Å². The van der Waals surface area contributed by atoms with E-state index < -0.39 is 34.8 Å². The molecule has 0 amide bonds. The maximum absolute atomic E-state index is 10.9. The molecule has 0 aliphatic heterocycles. The largest absolute Gasteiger partial charge is 0.435 e. The van der Waals surface area contributed by atoms with E-state index in [-0.39, 0.29) is 0 Å². The number of esters is 1. The lowest BCUT2D eigenvalue weighted by atomic mass is 9.98. The molecule has 0 bridgehead atoms. The van der Waals surface area contributed by atoms with Gasteiger partial charge in [-0.1, -0.05) is 30.3 Å². The van der Waals surface area contributed by atoms with Gasteiger partial charge in [-0.25, -0.2) is 9.32 Å². The summed E-state index contributed by atoms with van der Waals surface area (Å²) in [4.78, 5) is 10.9. The number of hydrogen-bond acceptors (Lipinski definition) is 7. The van der Waals surface area contributed by atoms with Crippen molar-refractivity contribution in [3.8, 4) is 0 Å². The Morgan fingerprint density at radius 2 is 1.75 bits per heavy atom. The zero-order valence-electron chi connectivity index (χ0n) is 10.5. The summed E-state index contributed by atoms with van der Waals surface area (Å²) >= 11 is 0. The Balaban J connectivity index is 3.04. The molecule has 8 nitrogen and oxygen atoms in total. The summed E-state index contributed by atoms with van der Waals surface area (Å²) in [5.41, 5.74) is 0.303. The van der Waals surface area contributed by atoms with Crippen molar-refractivity contribution in [2.45, 2.75) is 25.4 Å². The van der Waals surface area contributed by atoms with Crippen LogP contribution in [0.5, 0.6) is 0 Å². The summed E-state index contributed by atoms with van der Waals surface area (Å²) in [5.74, 6) is -2.14. The minimum Gasteiger partial charge on any atom is -0.435 e. The Hall–Kier alpha value is -1.52. The van der Waals surface area contributed by atoms with Crippen LogP contribution in [0.3, 0.4) is 0 Å². The molecule has 0 radical (unpaired) electrons. The second kappa shape index (κ2) is 6.77. The quantitative estimate of drug-likeness (QED) is 0.462. The van der Waals surface area contributed by atoms with Gasteiger partial charge < -0.3 is 14.9 Å². The van der Waals surface area contributed by atoms with Gasteiger partial charge in [-0.3, -0.25) is 4.79 Å². The number of carbonyl (C=O) groups excluding carboxylic acids is 1. The first-order valence-corrected chi connectivity index (χ1v) is 6.97. The van der Waals surface area contributed by atoms with E-state index in [4.69, 9.17) is 0 Å². The third-order valence-electron chi connectivity index (χ3n) is 2.32. The second-order valence-electron chi connectivity index (χ2n) is 3.92. The molecule has 0 fully saturated rings. The Kier molecular flexibility index (Phi) is 5.60. The van der Waals surface area contributed by atoms with Gasteiger partial charge in [-0.2, -0.15) is 8.42 Å². The van der Waals surface area contributed by atoms with Crippen molar-refractivity contribution in [3.63, 3.8) is 0 Å². The Labute approximate surface area is 116 Å². The Morgan fingerprint density at radius 3 is 2.20 bits per heavy atom. The number of benzene rings is 1. The first-order chi connectivity index (χ1) is 9.20. The van der Waals surface area contributed by atoms with Crippen molar-refractivity contribution in [1.82, 2.24) is 0 Å². The van der Waals surface area contributed by atoms with Crippen molar-refractivity contribution in [3.05, 3.63) is 35.9 Å². The fraction of sp³-hybridized carbons (Fsp3) is 0.364. The molecule has 112 valence electrons. The summed E-state index contributed by atoms with van der Waals surface area (Å²) in [6.07, 6.45) is -3.81. The molecule has 0 aliphatic rings. The monoisotopic (exact) mass is 305 g/mol. The molecule has 9 heteroatoms. The van der Waals surface area contributed by atoms with Gasteiger partial charge in [0.15, 0.2) is 6.29 Å². The number of nitrogens with two attached hydrogens (primary N) is 1. The molecule has 1 aromatic carbocycles. The first-order valence-electron chi connectivity index (χ1n) is 5.50. The van der Waals surface area contributed by atoms with Crippen LogP contribution in [-0.4, -0.2) is 37.2 Å². The normalized spacial score (nSPS) is 16.2. The van der Waals surface area contributed by atoms with Gasteiger partial charge in [-0.15, -0.1) is 0 Å².